The molecule has 1 aromatic rings. The minimum Gasteiger partial charge on any atom is -0.655 e. The normalized spacial score (nSPS) is 9.67. The van der Waals surface area contributed by atoms with Gasteiger partial charge in [0.15, 0.2) is 0 Å². The Morgan fingerprint density at radius 1 is 1.22 bits per heavy atom. The number of carbonyl (C=O) groups is 2. The van der Waals surface area contributed by atoms with Crippen molar-refractivity contribution in [1.29, 1.82) is 0 Å². The molecule has 0 fully saturated rings. The van der Waals surface area contributed by atoms with Crippen LogP contribution in [-0.4, -0.2) is 36.9 Å². The molecule has 92 valence electrons. The van der Waals surface area contributed by atoms with E-state index in [1.807, 2.05) is 30.3 Å². The van der Waals surface area contributed by atoms with Crippen LogP contribution in [-0.2, 0) is 16.1 Å². The summed E-state index contributed by atoms with van der Waals surface area (Å²) in [6, 6.07) is 9.59. The molecule has 0 aromatic heterocycles. The Balaban J connectivity index is 0.00000289. The number of likely N-dealkylation sites (N-methyl/N-ethyl adjacent to an activating group) is 1. The summed E-state index contributed by atoms with van der Waals surface area (Å²) in [6.45, 7) is 0.662. The molecule has 18 heavy (non-hydrogen) atoms. The van der Waals surface area contributed by atoms with Crippen LogP contribution in [0.25, 0.3) is 5.32 Å². The number of nitrogens with two attached hydrogens (primary N) is 1. The van der Waals surface area contributed by atoms with Gasteiger partial charge in [-0.1, -0.05) is 30.3 Å². The van der Waals surface area contributed by atoms with Crippen LogP contribution in [0.5, 0.6) is 0 Å². The molecule has 0 atom stereocenters. The van der Waals surface area contributed by atoms with Crippen LogP contribution in [0.15, 0.2) is 30.3 Å². The number of nitrogens with zero attached hydrogens (tertiary/aromatic N) is 2. The monoisotopic (exact) mass is 273 g/mol. The zero-order valence-corrected chi connectivity index (χ0v) is 13.9. The molecule has 5 nitrogen and oxygen atoms in total. The first-order valence-corrected chi connectivity index (χ1v) is 5.29. The SMILES string of the molecule is C[N-]C(=O)CN(CC(N)=O)Cc1ccccc1.[K+]. The molecular weight excluding hydrogens is 257 g/mol. The van der Waals surface area contributed by atoms with E-state index in [2.05, 4.69) is 5.32 Å². The molecule has 6 heteroatoms. The fourth-order valence-corrected chi connectivity index (χ4v) is 1.49. The number of carbonyl (C=O) groups excluding carboxylic acids is 2. The first-order valence-electron chi connectivity index (χ1n) is 5.29. The van der Waals surface area contributed by atoms with E-state index in [4.69, 9.17) is 5.73 Å². The number of hydrogen-bond donors (Lipinski definition) is 1. The van der Waals surface area contributed by atoms with Crippen molar-refractivity contribution in [2.45, 2.75) is 6.54 Å². The standard InChI is InChI=1S/C12H17N3O2.K/c1-14-12(17)9-15(8-11(13)16)7-10-5-3-2-4-6-10;/h2-6H,7-9H2,1H3,(H3,13,14,16,17);/q;+1/p-1. The molecule has 0 aliphatic rings. The fraction of sp³-hybridized carbons (Fsp3) is 0.333. The molecule has 0 unspecified atom stereocenters. The molecule has 0 radical (unpaired) electrons. The van der Waals surface area contributed by atoms with Gasteiger partial charge in [0.05, 0.1) is 12.5 Å². The molecule has 0 saturated heterocycles. The Labute approximate surface area is 150 Å². The van der Waals surface area contributed by atoms with Crippen molar-refractivity contribution < 1.29 is 61.0 Å². The van der Waals surface area contributed by atoms with Gasteiger partial charge in [-0.05, 0) is 5.56 Å². The van der Waals surface area contributed by atoms with Crippen molar-refractivity contribution in [2.24, 2.45) is 5.73 Å². The Morgan fingerprint density at radius 3 is 2.33 bits per heavy atom. The van der Waals surface area contributed by atoms with Gasteiger partial charge in [-0.2, -0.15) is 0 Å². The molecule has 0 aliphatic carbocycles. The van der Waals surface area contributed by atoms with E-state index in [1.54, 1.807) is 4.90 Å². The number of primary amides is 1. The van der Waals surface area contributed by atoms with Crippen molar-refractivity contribution in [2.75, 3.05) is 20.1 Å². The summed E-state index contributed by atoms with van der Waals surface area (Å²) in [5.41, 5.74) is 6.17. The van der Waals surface area contributed by atoms with Gasteiger partial charge in [-0.3, -0.25) is 9.69 Å². The summed E-state index contributed by atoms with van der Waals surface area (Å²) < 4.78 is 0. The second-order valence-corrected chi connectivity index (χ2v) is 3.71. The number of rotatable bonds is 6. The third-order valence-electron chi connectivity index (χ3n) is 2.24. The largest absolute Gasteiger partial charge is 1.00 e. The average Bonchev–Trinajstić information content (AvgIpc) is 2.29. The minimum atomic E-state index is -0.454. The van der Waals surface area contributed by atoms with Crippen LogP contribution in [0.2, 0.25) is 0 Å². The molecule has 0 heterocycles. The zero-order chi connectivity index (χ0) is 12.7. The van der Waals surface area contributed by atoms with Crippen molar-refractivity contribution >= 4 is 11.8 Å². The van der Waals surface area contributed by atoms with Crippen LogP contribution >= 0.6 is 0 Å². The molecule has 1 aromatic carbocycles. The molecular formula is C12H16KN3O2. The van der Waals surface area contributed by atoms with Gasteiger partial charge in [0.2, 0.25) is 5.91 Å². The van der Waals surface area contributed by atoms with E-state index < -0.39 is 5.91 Å². The summed E-state index contributed by atoms with van der Waals surface area (Å²) in [4.78, 5) is 23.8. The van der Waals surface area contributed by atoms with Crippen molar-refractivity contribution in [3.8, 4) is 0 Å². The first kappa shape index (κ1) is 17.8. The van der Waals surface area contributed by atoms with Crippen LogP contribution in [0.4, 0.5) is 0 Å². The van der Waals surface area contributed by atoms with E-state index in [0.29, 0.717) is 6.54 Å². The first-order chi connectivity index (χ1) is 8.11. The van der Waals surface area contributed by atoms with E-state index in [1.165, 1.54) is 7.05 Å². The third kappa shape index (κ3) is 7.25. The molecule has 0 spiro atoms. The smallest absolute Gasteiger partial charge is 0.655 e. The number of amides is 2. The maximum atomic E-state index is 11.2. The van der Waals surface area contributed by atoms with E-state index in [0.717, 1.165) is 5.56 Å². The Bertz CT molecular complexity index is 384. The summed E-state index contributed by atoms with van der Waals surface area (Å²) >= 11 is 0. The molecule has 0 aliphatic heterocycles. The van der Waals surface area contributed by atoms with Gasteiger partial charge in [0, 0.05) is 13.1 Å². The Morgan fingerprint density at radius 2 is 1.83 bits per heavy atom. The van der Waals surface area contributed by atoms with E-state index >= 15 is 0 Å². The van der Waals surface area contributed by atoms with Gasteiger partial charge in [0.25, 0.3) is 0 Å². The van der Waals surface area contributed by atoms with Gasteiger partial charge in [0.1, 0.15) is 0 Å². The van der Waals surface area contributed by atoms with Crippen LogP contribution in [0.3, 0.4) is 0 Å². The van der Waals surface area contributed by atoms with Crippen LogP contribution < -0.4 is 57.1 Å². The van der Waals surface area contributed by atoms with Gasteiger partial charge in [-0.25, -0.2) is 0 Å². The quantitative estimate of drug-likeness (QED) is 0.583. The Hall–Kier alpha value is -0.244. The molecule has 0 bridgehead atoms. The molecule has 0 saturated carbocycles. The predicted molar refractivity (Wildman–Crippen MR) is 65.2 cm³/mol. The second kappa shape index (κ2) is 9.66. The minimum absolute atomic E-state index is 0. The zero-order valence-electron chi connectivity index (χ0n) is 10.8. The summed E-state index contributed by atoms with van der Waals surface area (Å²) in [7, 11) is 1.44. The average molecular weight is 273 g/mol. The molecule has 2 N–H and O–H groups in total. The number of benzene rings is 1. The Kier molecular flexibility index (Phi) is 9.53. The van der Waals surface area contributed by atoms with E-state index in [9.17, 15) is 9.59 Å². The van der Waals surface area contributed by atoms with Gasteiger partial charge >= 0.3 is 51.4 Å². The van der Waals surface area contributed by atoms with Gasteiger partial charge < -0.3 is 15.8 Å². The maximum Gasteiger partial charge on any atom is 1.00 e. The molecule has 2 amide bonds. The van der Waals surface area contributed by atoms with Gasteiger partial charge in [-0.15, -0.1) is 7.05 Å². The second-order valence-electron chi connectivity index (χ2n) is 3.71. The third-order valence-corrected chi connectivity index (χ3v) is 2.24. The summed E-state index contributed by atoms with van der Waals surface area (Å²) in [5.74, 6) is -0.716. The fourth-order valence-electron chi connectivity index (χ4n) is 1.49. The van der Waals surface area contributed by atoms with Crippen molar-refractivity contribution in [1.82, 2.24) is 4.90 Å². The summed E-state index contributed by atoms with van der Waals surface area (Å²) in [6.07, 6.45) is 0. The maximum absolute atomic E-state index is 11.2. The predicted octanol–water partition coefficient (Wildman–Crippen LogP) is -2.49. The molecule has 1 rings (SSSR count). The topological polar surface area (TPSA) is 77.5 Å². The number of hydrogen-bond acceptors (Lipinski definition) is 3. The van der Waals surface area contributed by atoms with Crippen LogP contribution in [0.1, 0.15) is 5.56 Å². The van der Waals surface area contributed by atoms with Crippen LogP contribution in [0, 0.1) is 0 Å². The van der Waals surface area contributed by atoms with E-state index in [-0.39, 0.29) is 70.4 Å². The summed E-state index contributed by atoms with van der Waals surface area (Å²) in [5, 5.41) is 3.54. The van der Waals surface area contributed by atoms with Crippen molar-refractivity contribution in [3.05, 3.63) is 41.2 Å². The van der Waals surface area contributed by atoms with Crippen molar-refractivity contribution in [3.63, 3.8) is 0 Å².